The Morgan fingerprint density at radius 2 is 1.60 bits per heavy atom. The number of rotatable bonds is 6. The topological polar surface area (TPSA) is 65.0 Å². The second kappa shape index (κ2) is 9.60. The van der Waals surface area contributed by atoms with E-state index in [1.807, 2.05) is 0 Å². The van der Waals surface area contributed by atoms with E-state index in [4.69, 9.17) is 18.4 Å². The summed E-state index contributed by atoms with van der Waals surface area (Å²) in [5.74, 6) is -0.981. The van der Waals surface area contributed by atoms with Crippen LogP contribution in [0.15, 0.2) is 25.3 Å². The minimum absolute atomic E-state index is 0.649. The summed E-state index contributed by atoms with van der Waals surface area (Å²) in [6.45, 7) is 6.54. The highest BCUT2D eigenvalue weighted by Gasteiger charge is 2.35. The molecule has 0 aliphatic carbocycles. The van der Waals surface area contributed by atoms with E-state index in [0.717, 1.165) is 6.08 Å². The first-order valence-electron chi connectivity index (χ1n) is 4.13. The molecular formula is C9H18O5Si. The predicted molar refractivity (Wildman–Crippen MR) is 59.6 cm³/mol. The third-order valence-electron chi connectivity index (χ3n) is 1.50. The molecule has 0 aromatic carbocycles. The molecular weight excluding hydrogens is 216 g/mol. The van der Waals surface area contributed by atoms with Gasteiger partial charge >= 0.3 is 14.8 Å². The van der Waals surface area contributed by atoms with Crippen molar-refractivity contribution >= 4 is 14.8 Å². The van der Waals surface area contributed by atoms with E-state index in [-0.39, 0.29) is 0 Å². The van der Waals surface area contributed by atoms with Gasteiger partial charge in [-0.25, -0.2) is 4.79 Å². The van der Waals surface area contributed by atoms with E-state index in [0.29, 0.717) is 6.04 Å². The Bertz CT molecular complexity index is 192. The quantitative estimate of drug-likeness (QED) is 0.426. The molecule has 0 aliphatic heterocycles. The number of carboxylic acids is 1. The number of hydrogen-bond acceptors (Lipinski definition) is 4. The van der Waals surface area contributed by atoms with Crippen LogP contribution in [0.1, 0.15) is 0 Å². The molecule has 0 aromatic heterocycles. The van der Waals surface area contributed by atoms with Gasteiger partial charge in [-0.1, -0.05) is 12.7 Å². The third-order valence-corrected chi connectivity index (χ3v) is 4.16. The van der Waals surface area contributed by atoms with E-state index >= 15 is 0 Å². The SMILES string of the molecule is C=CC(=O)O.C=CC[Si](OC)(OC)OC. The fourth-order valence-electron chi connectivity index (χ4n) is 0.677. The van der Waals surface area contributed by atoms with Crippen molar-refractivity contribution in [3.63, 3.8) is 0 Å². The van der Waals surface area contributed by atoms with Crippen LogP contribution >= 0.6 is 0 Å². The standard InChI is InChI=1S/C6H14O3Si.C3H4O2/c1-5-6-10(7-2,8-3)9-4;1-2-3(4)5/h5H,1,6H2,2-4H3;2H,1H2,(H,4,5). The first kappa shape index (κ1) is 16.5. The maximum Gasteiger partial charge on any atom is 0.504 e. The smallest absolute Gasteiger partial charge is 0.478 e. The molecule has 0 bridgehead atoms. The Balaban J connectivity index is 0. The normalized spacial score (nSPS) is 9.80. The lowest BCUT2D eigenvalue weighted by atomic mass is 10.7. The molecule has 0 radical (unpaired) electrons. The summed E-state index contributed by atoms with van der Waals surface area (Å²) >= 11 is 0. The van der Waals surface area contributed by atoms with Crippen LogP contribution in [0.25, 0.3) is 0 Å². The van der Waals surface area contributed by atoms with Crippen molar-refractivity contribution in [3.05, 3.63) is 25.3 Å². The Morgan fingerprint density at radius 3 is 1.67 bits per heavy atom. The van der Waals surface area contributed by atoms with Crippen molar-refractivity contribution in [2.24, 2.45) is 0 Å². The maximum absolute atomic E-state index is 9.25. The zero-order chi connectivity index (χ0) is 12.3. The summed E-state index contributed by atoms with van der Waals surface area (Å²) < 4.78 is 15.3. The molecule has 88 valence electrons. The zero-order valence-electron chi connectivity index (χ0n) is 9.36. The van der Waals surface area contributed by atoms with Gasteiger partial charge in [0.25, 0.3) is 0 Å². The molecule has 0 spiro atoms. The highest BCUT2D eigenvalue weighted by Crippen LogP contribution is 2.11. The van der Waals surface area contributed by atoms with Crippen molar-refractivity contribution in [2.45, 2.75) is 6.04 Å². The number of hydrogen-bond donors (Lipinski definition) is 1. The summed E-state index contributed by atoms with van der Waals surface area (Å²) in [6.07, 6.45) is 2.57. The van der Waals surface area contributed by atoms with E-state index in [1.165, 1.54) is 0 Å². The van der Waals surface area contributed by atoms with E-state index in [1.54, 1.807) is 27.4 Å². The fourth-order valence-corrected chi connectivity index (χ4v) is 2.03. The molecule has 0 heterocycles. The second-order valence-corrected chi connectivity index (χ2v) is 5.33. The van der Waals surface area contributed by atoms with Crippen LogP contribution in [0.4, 0.5) is 0 Å². The molecule has 0 saturated carbocycles. The van der Waals surface area contributed by atoms with Gasteiger partial charge in [-0.3, -0.25) is 0 Å². The largest absolute Gasteiger partial charge is 0.504 e. The number of carboxylic acid groups (broad SMARTS) is 1. The summed E-state index contributed by atoms with van der Waals surface area (Å²) in [5.41, 5.74) is 0. The molecule has 0 atom stereocenters. The molecule has 6 heteroatoms. The van der Waals surface area contributed by atoms with Crippen LogP contribution < -0.4 is 0 Å². The summed E-state index contributed by atoms with van der Waals surface area (Å²) in [6, 6.07) is 0.649. The van der Waals surface area contributed by atoms with Crippen LogP contribution in [0, 0.1) is 0 Å². The monoisotopic (exact) mass is 234 g/mol. The van der Waals surface area contributed by atoms with Gasteiger partial charge in [-0.05, 0) is 0 Å². The molecule has 0 amide bonds. The van der Waals surface area contributed by atoms with Gasteiger partial charge in [0.05, 0.1) is 0 Å². The summed E-state index contributed by atoms with van der Waals surface area (Å²) in [5, 5.41) is 7.60. The minimum Gasteiger partial charge on any atom is -0.478 e. The molecule has 1 N–H and O–H groups in total. The molecule has 15 heavy (non-hydrogen) atoms. The van der Waals surface area contributed by atoms with Gasteiger partial charge in [0.1, 0.15) is 0 Å². The number of allylic oxidation sites excluding steroid dienone is 1. The molecule has 0 saturated heterocycles. The minimum atomic E-state index is -2.34. The molecule has 0 unspecified atom stereocenters. The lowest BCUT2D eigenvalue weighted by Gasteiger charge is -2.22. The van der Waals surface area contributed by atoms with Crippen molar-refractivity contribution in [3.8, 4) is 0 Å². The van der Waals surface area contributed by atoms with Crippen molar-refractivity contribution in [2.75, 3.05) is 21.3 Å². The van der Waals surface area contributed by atoms with Gasteiger partial charge < -0.3 is 18.4 Å². The van der Waals surface area contributed by atoms with Crippen molar-refractivity contribution in [1.82, 2.24) is 0 Å². The Kier molecular flexibility index (Phi) is 10.5. The Hall–Kier alpha value is -0.953. The average molecular weight is 234 g/mol. The second-order valence-electron chi connectivity index (χ2n) is 2.33. The first-order valence-corrected chi connectivity index (χ1v) is 6.06. The van der Waals surface area contributed by atoms with Gasteiger partial charge in [0.15, 0.2) is 0 Å². The highest BCUT2D eigenvalue weighted by atomic mass is 28.4. The van der Waals surface area contributed by atoms with E-state index < -0.39 is 14.8 Å². The van der Waals surface area contributed by atoms with Crippen LogP contribution in [0.3, 0.4) is 0 Å². The first-order chi connectivity index (χ1) is 7.01. The fraction of sp³-hybridized carbons (Fsp3) is 0.444. The van der Waals surface area contributed by atoms with Gasteiger partial charge in [-0.2, -0.15) is 0 Å². The maximum atomic E-state index is 9.25. The van der Waals surface area contributed by atoms with Gasteiger partial charge in [0, 0.05) is 33.4 Å². The van der Waals surface area contributed by atoms with Crippen LogP contribution in [-0.4, -0.2) is 41.2 Å². The molecule has 0 aromatic rings. The van der Waals surface area contributed by atoms with Gasteiger partial charge in [0.2, 0.25) is 0 Å². The highest BCUT2D eigenvalue weighted by molar-refractivity contribution is 6.61. The molecule has 0 rings (SSSR count). The molecule has 5 nitrogen and oxygen atoms in total. The van der Waals surface area contributed by atoms with Crippen molar-refractivity contribution < 1.29 is 23.2 Å². The summed E-state index contributed by atoms with van der Waals surface area (Å²) in [7, 11) is 2.42. The Labute approximate surface area is 91.3 Å². The molecule has 0 aliphatic rings. The van der Waals surface area contributed by atoms with Crippen LogP contribution in [0.5, 0.6) is 0 Å². The third kappa shape index (κ3) is 8.07. The van der Waals surface area contributed by atoms with Crippen LogP contribution in [0.2, 0.25) is 6.04 Å². The van der Waals surface area contributed by atoms with Gasteiger partial charge in [-0.15, -0.1) is 6.58 Å². The van der Waals surface area contributed by atoms with Crippen molar-refractivity contribution in [1.29, 1.82) is 0 Å². The van der Waals surface area contributed by atoms with E-state index in [2.05, 4.69) is 13.2 Å². The van der Waals surface area contributed by atoms with E-state index in [9.17, 15) is 4.79 Å². The molecule has 0 fully saturated rings. The average Bonchev–Trinajstić information content (AvgIpc) is 2.27. The zero-order valence-corrected chi connectivity index (χ0v) is 10.4. The van der Waals surface area contributed by atoms with Crippen LogP contribution in [-0.2, 0) is 18.1 Å². The number of aliphatic carboxylic acids is 1. The lowest BCUT2D eigenvalue weighted by molar-refractivity contribution is -0.131. The lowest BCUT2D eigenvalue weighted by Crippen LogP contribution is -2.41. The Morgan fingerprint density at radius 1 is 1.27 bits per heavy atom. The number of carbonyl (C=O) groups is 1. The predicted octanol–water partition coefficient (Wildman–Crippen LogP) is 1.31. The summed E-state index contributed by atoms with van der Waals surface area (Å²) in [4.78, 5) is 9.25.